The Morgan fingerprint density at radius 3 is 2.71 bits per heavy atom. The van der Waals surface area contributed by atoms with Gasteiger partial charge in [0, 0.05) is 24.5 Å². The van der Waals surface area contributed by atoms with Crippen molar-refractivity contribution in [2.45, 2.75) is 50.6 Å². The fourth-order valence-corrected chi connectivity index (χ4v) is 3.62. The minimum atomic E-state index is -0.0268. The number of anilines is 2. The third-order valence-electron chi connectivity index (χ3n) is 5.01. The van der Waals surface area contributed by atoms with Crippen molar-refractivity contribution in [3.8, 4) is 0 Å². The molecule has 0 bridgehead atoms. The molecule has 114 valence electrons. The van der Waals surface area contributed by atoms with Crippen LogP contribution in [-0.4, -0.2) is 37.0 Å². The van der Waals surface area contributed by atoms with Crippen LogP contribution >= 0.6 is 0 Å². The number of rotatable bonds is 3. The van der Waals surface area contributed by atoms with E-state index < -0.39 is 0 Å². The molecule has 0 radical (unpaired) electrons. The Morgan fingerprint density at radius 2 is 2.00 bits per heavy atom. The van der Waals surface area contributed by atoms with Gasteiger partial charge in [-0.3, -0.25) is 9.69 Å². The first-order chi connectivity index (χ1) is 10.2. The lowest BCUT2D eigenvalue weighted by atomic mass is 9.91. The molecule has 1 unspecified atom stereocenters. The fraction of sp³-hybridized carbons (Fsp3) is 0.588. The summed E-state index contributed by atoms with van der Waals surface area (Å²) in [4.78, 5) is 14.8. The van der Waals surface area contributed by atoms with Crippen LogP contribution in [0.25, 0.3) is 0 Å². The molecule has 1 fully saturated rings. The smallest absolute Gasteiger partial charge is 0.242 e. The summed E-state index contributed by atoms with van der Waals surface area (Å²) in [5.41, 5.74) is 3.23. The average Bonchev–Trinajstić information content (AvgIpc) is 2.53. The number of amides is 1. The van der Waals surface area contributed by atoms with E-state index in [9.17, 15) is 4.79 Å². The maximum atomic E-state index is 12.5. The molecule has 4 heteroatoms. The van der Waals surface area contributed by atoms with E-state index in [1.54, 1.807) is 0 Å². The Labute approximate surface area is 126 Å². The van der Waals surface area contributed by atoms with E-state index in [-0.39, 0.29) is 11.9 Å². The highest BCUT2D eigenvalue weighted by atomic mass is 16.2. The second kappa shape index (κ2) is 6.06. The minimum Gasteiger partial charge on any atom is -0.388 e. The highest BCUT2D eigenvalue weighted by molar-refractivity contribution is 5.98. The van der Waals surface area contributed by atoms with Gasteiger partial charge in [0.15, 0.2) is 0 Å². The van der Waals surface area contributed by atoms with Crippen molar-refractivity contribution in [1.82, 2.24) is 4.90 Å². The van der Waals surface area contributed by atoms with Crippen molar-refractivity contribution in [3.05, 3.63) is 23.8 Å². The van der Waals surface area contributed by atoms with Crippen molar-refractivity contribution >= 4 is 17.3 Å². The highest BCUT2D eigenvalue weighted by Gasteiger charge is 2.33. The lowest BCUT2D eigenvalue weighted by Gasteiger charge is -2.38. The molecule has 1 saturated carbocycles. The lowest BCUT2D eigenvalue weighted by Crippen LogP contribution is -2.50. The number of carbonyl (C=O) groups excluding carboxylic acids is 1. The molecule has 0 saturated heterocycles. The third kappa shape index (κ3) is 2.91. The van der Waals surface area contributed by atoms with Crippen molar-refractivity contribution < 1.29 is 4.79 Å². The summed E-state index contributed by atoms with van der Waals surface area (Å²) in [5, 5.41) is 6.20. The van der Waals surface area contributed by atoms with Gasteiger partial charge in [0.1, 0.15) is 0 Å². The highest BCUT2D eigenvalue weighted by Crippen LogP contribution is 2.30. The summed E-state index contributed by atoms with van der Waals surface area (Å²) in [6.45, 7) is 0. The van der Waals surface area contributed by atoms with E-state index in [1.165, 1.54) is 37.7 Å². The maximum Gasteiger partial charge on any atom is 0.242 e. The first-order valence-corrected chi connectivity index (χ1v) is 8.02. The lowest BCUT2D eigenvalue weighted by molar-refractivity contribution is -0.122. The van der Waals surface area contributed by atoms with Gasteiger partial charge in [-0.25, -0.2) is 0 Å². The van der Waals surface area contributed by atoms with Crippen LogP contribution in [0.4, 0.5) is 11.4 Å². The van der Waals surface area contributed by atoms with Crippen LogP contribution in [0.3, 0.4) is 0 Å². The van der Waals surface area contributed by atoms with Crippen LogP contribution in [0.15, 0.2) is 18.2 Å². The van der Waals surface area contributed by atoms with E-state index in [2.05, 4.69) is 34.7 Å². The first kappa shape index (κ1) is 14.4. The molecular weight excluding hydrogens is 262 g/mol. The minimum absolute atomic E-state index is 0.0268. The zero-order valence-electron chi connectivity index (χ0n) is 13.0. The third-order valence-corrected chi connectivity index (χ3v) is 5.01. The quantitative estimate of drug-likeness (QED) is 0.898. The number of benzene rings is 1. The molecular formula is C17H25N3O. The number of likely N-dealkylation sites (N-methyl/N-ethyl adjacent to an activating group) is 1. The number of nitrogens with zero attached hydrogens (tertiary/aromatic N) is 1. The maximum absolute atomic E-state index is 12.5. The Balaban J connectivity index is 1.77. The Kier molecular flexibility index (Phi) is 4.15. The SMILES string of the molecule is CNc1ccc2c(c1)NC(=O)C(N(C)C1CCCCC1)C2. The first-order valence-electron chi connectivity index (χ1n) is 8.02. The van der Waals surface area contributed by atoms with Gasteiger partial charge in [-0.05, 0) is 44.0 Å². The van der Waals surface area contributed by atoms with E-state index in [4.69, 9.17) is 0 Å². The van der Waals surface area contributed by atoms with Crippen LogP contribution in [-0.2, 0) is 11.2 Å². The molecule has 3 rings (SSSR count). The molecule has 1 aliphatic carbocycles. The molecule has 1 aliphatic heterocycles. The van der Waals surface area contributed by atoms with Crippen LogP contribution in [0.2, 0.25) is 0 Å². The second-order valence-electron chi connectivity index (χ2n) is 6.29. The Morgan fingerprint density at radius 1 is 1.24 bits per heavy atom. The van der Waals surface area contributed by atoms with E-state index in [0.29, 0.717) is 6.04 Å². The monoisotopic (exact) mass is 287 g/mol. The van der Waals surface area contributed by atoms with Crippen molar-refractivity contribution in [3.63, 3.8) is 0 Å². The van der Waals surface area contributed by atoms with E-state index in [0.717, 1.165) is 17.8 Å². The predicted molar refractivity (Wildman–Crippen MR) is 86.7 cm³/mol. The van der Waals surface area contributed by atoms with Gasteiger partial charge in [0.05, 0.1) is 6.04 Å². The zero-order chi connectivity index (χ0) is 14.8. The summed E-state index contributed by atoms with van der Waals surface area (Å²) in [6.07, 6.45) is 7.21. The number of hydrogen-bond donors (Lipinski definition) is 2. The second-order valence-corrected chi connectivity index (χ2v) is 6.29. The largest absolute Gasteiger partial charge is 0.388 e. The predicted octanol–water partition coefficient (Wildman–Crippen LogP) is 2.86. The Bertz CT molecular complexity index is 523. The van der Waals surface area contributed by atoms with Crippen molar-refractivity contribution in [2.24, 2.45) is 0 Å². The van der Waals surface area contributed by atoms with E-state index >= 15 is 0 Å². The van der Waals surface area contributed by atoms with Gasteiger partial charge < -0.3 is 10.6 Å². The van der Waals surface area contributed by atoms with Crippen LogP contribution < -0.4 is 10.6 Å². The van der Waals surface area contributed by atoms with Gasteiger partial charge in [0.2, 0.25) is 5.91 Å². The summed E-state index contributed by atoms with van der Waals surface area (Å²) in [6, 6.07) is 6.76. The molecule has 2 aliphatic rings. The molecule has 4 nitrogen and oxygen atoms in total. The van der Waals surface area contributed by atoms with Gasteiger partial charge in [0.25, 0.3) is 0 Å². The van der Waals surface area contributed by atoms with Crippen molar-refractivity contribution in [2.75, 3.05) is 24.7 Å². The number of carbonyl (C=O) groups is 1. The van der Waals surface area contributed by atoms with Gasteiger partial charge in [-0.2, -0.15) is 0 Å². The van der Waals surface area contributed by atoms with Gasteiger partial charge in [-0.15, -0.1) is 0 Å². The van der Waals surface area contributed by atoms with Crippen LogP contribution in [0, 0.1) is 0 Å². The summed E-state index contributed by atoms with van der Waals surface area (Å²) in [7, 11) is 4.01. The fourth-order valence-electron chi connectivity index (χ4n) is 3.62. The number of nitrogens with one attached hydrogen (secondary N) is 2. The summed E-state index contributed by atoms with van der Waals surface area (Å²) >= 11 is 0. The molecule has 1 aromatic rings. The molecule has 0 spiro atoms. The van der Waals surface area contributed by atoms with Gasteiger partial charge in [-0.1, -0.05) is 25.3 Å². The number of hydrogen-bond acceptors (Lipinski definition) is 3. The molecule has 21 heavy (non-hydrogen) atoms. The molecule has 0 aromatic heterocycles. The van der Waals surface area contributed by atoms with Gasteiger partial charge >= 0.3 is 0 Å². The zero-order valence-corrected chi connectivity index (χ0v) is 13.0. The molecule has 2 N–H and O–H groups in total. The molecule has 1 amide bonds. The molecule has 1 heterocycles. The summed E-state index contributed by atoms with van der Waals surface area (Å²) in [5.74, 6) is 0.142. The van der Waals surface area contributed by atoms with Crippen molar-refractivity contribution in [1.29, 1.82) is 0 Å². The van der Waals surface area contributed by atoms with Crippen LogP contribution in [0.5, 0.6) is 0 Å². The Hall–Kier alpha value is -1.55. The molecule has 1 atom stereocenters. The summed E-state index contributed by atoms with van der Waals surface area (Å²) < 4.78 is 0. The van der Waals surface area contributed by atoms with E-state index in [1.807, 2.05) is 13.1 Å². The topological polar surface area (TPSA) is 44.4 Å². The molecule has 1 aromatic carbocycles. The normalized spacial score (nSPS) is 22.8. The number of fused-ring (bicyclic) bond motifs is 1. The standard InChI is InChI=1S/C17H25N3O/c1-18-13-9-8-12-10-16(17(21)19-15(12)11-13)20(2)14-6-4-3-5-7-14/h8-9,11,14,16,18H,3-7,10H2,1-2H3,(H,19,21). The van der Waals surface area contributed by atoms with Crippen LogP contribution in [0.1, 0.15) is 37.7 Å². The average molecular weight is 287 g/mol.